The molecule has 2 aromatic carbocycles. The molecule has 2 rings (SSSR count). The van der Waals surface area contributed by atoms with Crippen molar-refractivity contribution in [2.75, 3.05) is 25.5 Å². The highest BCUT2D eigenvalue weighted by atomic mass is 79.9. The third kappa shape index (κ3) is 6.00. The molecule has 0 spiro atoms. The van der Waals surface area contributed by atoms with Crippen LogP contribution in [0.5, 0.6) is 0 Å². The van der Waals surface area contributed by atoms with E-state index in [4.69, 9.17) is 0 Å². The molecule has 0 saturated heterocycles. The first kappa shape index (κ1) is 18.5. The fourth-order valence-corrected chi connectivity index (χ4v) is 3.00. The highest BCUT2D eigenvalue weighted by Gasteiger charge is 2.04. The molecule has 0 aliphatic rings. The monoisotopic (exact) mass is 388 g/mol. The third-order valence-corrected chi connectivity index (χ3v) is 4.77. The minimum atomic E-state index is 0.119. The summed E-state index contributed by atoms with van der Waals surface area (Å²) in [6.45, 7) is 0.726. The first-order valence-electron chi connectivity index (χ1n) is 8.32. The third-order valence-electron chi connectivity index (χ3n) is 4.00. The first-order chi connectivity index (χ1) is 11.6. The van der Waals surface area contributed by atoms with Crippen molar-refractivity contribution in [1.29, 1.82) is 0 Å². The van der Waals surface area contributed by atoms with Crippen LogP contribution in [0.2, 0.25) is 0 Å². The standard InChI is InChI=1S/C20H25BrN2O/c1-23(2)18-12-9-16(10-13-18)6-5-15-22-20(24)14-11-17-7-3-4-8-19(17)21/h3-4,7-10,12-13H,5-6,11,14-15H2,1-2H3,(H,22,24). The fourth-order valence-electron chi connectivity index (χ4n) is 2.52. The summed E-state index contributed by atoms with van der Waals surface area (Å²) in [5.41, 5.74) is 3.69. The predicted octanol–water partition coefficient (Wildman–Crippen LogP) is 4.20. The number of nitrogens with one attached hydrogen (secondary N) is 1. The molecule has 0 fully saturated rings. The second kappa shape index (κ2) is 9.48. The van der Waals surface area contributed by atoms with E-state index in [1.165, 1.54) is 16.8 Å². The number of halogens is 1. The molecule has 0 radical (unpaired) electrons. The van der Waals surface area contributed by atoms with Gasteiger partial charge >= 0.3 is 0 Å². The lowest BCUT2D eigenvalue weighted by atomic mass is 10.1. The van der Waals surface area contributed by atoms with Crippen molar-refractivity contribution < 1.29 is 4.79 Å². The number of carbonyl (C=O) groups excluding carboxylic acids is 1. The normalized spacial score (nSPS) is 10.5. The van der Waals surface area contributed by atoms with Crippen molar-refractivity contribution in [2.45, 2.75) is 25.7 Å². The Kier molecular flexibility index (Phi) is 7.32. The molecule has 1 N–H and O–H groups in total. The predicted molar refractivity (Wildman–Crippen MR) is 105 cm³/mol. The van der Waals surface area contributed by atoms with Crippen LogP contribution in [-0.4, -0.2) is 26.5 Å². The number of hydrogen-bond donors (Lipinski definition) is 1. The maximum Gasteiger partial charge on any atom is 0.220 e. The molecule has 0 bridgehead atoms. The van der Waals surface area contributed by atoms with E-state index in [0.29, 0.717) is 6.42 Å². The summed E-state index contributed by atoms with van der Waals surface area (Å²) in [7, 11) is 4.08. The maximum atomic E-state index is 11.9. The summed E-state index contributed by atoms with van der Waals surface area (Å²) in [5, 5.41) is 3.01. The highest BCUT2D eigenvalue weighted by Crippen LogP contribution is 2.17. The zero-order valence-electron chi connectivity index (χ0n) is 14.4. The average Bonchev–Trinajstić information content (AvgIpc) is 2.58. The van der Waals surface area contributed by atoms with Crippen molar-refractivity contribution in [2.24, 2.45) is 0 Å². The van der Waals surface area contributed by atoms with Gasteiger partial charge in [-0.05, 0) is 48.6 Å². The van der Waals surface area contributed by atoms with Crippen LogP contribution in [0.4, 0.5) is 5.69 Å². The van der Waals surface area contributed by atoms with Crippen LogP contribution in [0.25, 0.3) is 0 Å². The Morgan fingerprint density at radius 3 is 2.42 bits per heavy atom. The van der Waals surface area contributed by atoms with Gasteiger partial charge in [-0.3, -0.25) is 4.79 Å². The molecule has 0 unspecified atom stereocenters. The molecular weight excluding hydrogens is 364 g/mol. The van der Waals surface area contributed by atoms with Crippen molar-refractivity contribution in [1.82, 2.24) is 5.32 Å². The van der Waals surface area contributed by atoms with Gasteiger partial charge in [-0.1, -0.05) is 46.3 Å². The quantitative estimate of drug-likeness (QED) is 0.687. The number of aryl methyl sites for hydroxylation is 2. The van der Waals surface area contributed by atoms with Gasteiger partial charge in [0.25, 0.3) is 0 Å². The van der Waals surface area contributed by atoms with E-state index in [1.807, 2.05) is 32.3 Å². The number of rotatable bonds is 8. The molecule has 0 aliphatic carbocycles. The lowest BCUT2D eigenvalue weighted by Gasteiger charge is -2.12. The lowest BCUT2D eigenvalue weighted by Crippen LogP contribution is -2.25. The molecule has 0 atom stereocenters. The minimum Gasteiger partial charge on any atom is -0.378 e. The minimum absolute atomic E-state index is 0.119. The van der Waals surface area contributed by atoms with Crippen molar-refractivity contribution in [3.05, 3.63) is 64.1 Å². The molecule has 0 aromatic heterocycles. The van der Waals surface area contributed by atoms with Gasteiger partial charge in [-0.2, -0.15) is 0 Å². The topological polar surface area (TPSA) is 32.3 Å². The van der Waals surface area contributed by atoms with Gasteiger partial charge in [0.1, 0.15) is 0 Å². The van der Waals surface area contributed by atoms with Crippen LogP contribution < -0.4 is 10.2 Å². The van der Waals surface area contributed by atoms with E-state index in [9.17, 15) is 4.79 Å². The Bertz CT molecular complexity index is 653. The summed E-state index contributed by atoms with van der Waals surface area (Å²) >= 11 is 3.52. The van der Waals surface area contributed by atoms with Crippen molar-refractivity contribution in [3.8, 4) is 0 Å². The SMILES string of the molecule is CN(C)c1ccc(CCCNC(=O)CCc2ccccc2Br)cc1. The van der Waals surface area contributed by atoms with Gasteiger partial charge < -0.3 is 10.2 Å². The van der Waals surface area contributed by atoms with Crippen LogP contribution in [0, 0.1) is 0 Å². The second-order valence-electron chi connectivity index (χ2n) is 6.11. The number of anilines is 1. The smallest absolute Gasteiger partial charge is 0.220 e. The van der Waals surface area contributed by atoms with Crippen molar-refractivity contribution >= 4 is 27.5 Å². The summed E-state index contributed by atoms with van der Waals surface area (Å²) in [4.78, 5) is 14.0. The molecule has 3 nitrogen and oxygen atoms in total. The van der Waals surface area contributed by atoms with Crippen LogP contribution in [-0.2, 0) is 17.6 Å². The molecule has 0 heterocycles. The van der Waals surface area contributed by atoms with Crippen LogP contribution >= 0.6 is 15.9 Å². The number of carbonyl (C=O) groups is 1. The molecular formula is C20H25BrN2O. The summed E-state index contributed by atoms with van der Waals surface area (Å²) in [6.07, 6.45) is 3.24. The van der Waals surface area contributed by atoms with Crippen LogP contribution in [0.3, 0.4) is 0 Å². The van der Waals surface area contributed by atoms with E-state index in [1.54, 1.807) is 0 Å². The summed E-state index contributed by atoms with van der Waals surface area (Å²) in [5.74, 6) is 0.119. The van der Waals surface area contributed by atoms with E-state index < -0.39 is 0 Å². The number of hydrogen-bond acceptors (Lipinski definition) is 2. The van der Waals surface area contributed by atoms with E-state index in [0.717, 1.165) is 30.3 Å². The van der Waals surface area contributed by atoms with Gasteiger partial charge in [0.15, 0.2) is 0 Å². The van der Waals surface area contributed by atoms with Gasteiger partial charge in [-0.15, -0.1) is 0 Å². The number of amides is 1. The highest BCUT2D eigenvalue weighted by molar-refractivity contribution is 9.10. The second-order valence-corrected chi connectivity index (χ2v) is 6.96. The number of nitrogens with zero attached hydrogens (tertiary/aromatic N) is 1. The Hall–Kier alpha value is -1.81. The average molecular weight is 389 g/mol. The van der Waals surface area contributed by atoms with E-state index in [2.05, 4.69) is 56.5 Å². The van der Waals surface area contributed by atoms with Crippen LogP contribution in [0.15, 0.2) is 53.0 Å². The van der Waals surface area contributed by atoms with E-state index in [-0.39, 0.29) is 5.91 Å². The van der Waals surface area contributed by atoms with Crippen LogP contribution in [0.1, 0.15) is 24.0 Å². The summed E-state index contributed by atoms with van der Waals surface area (Å²) < 4.78 is 1.07. The fraction of sp³-hybridized carbons (Fsp3) is 0.350. The number of benzene rings is 2. The largest absolute Gasteiger partial charge is 0.378 e. The molecule has 0 saturated carbocycles. The van der Waals surface area contributed by atoms with Gasteiger partial charge in [0.05, 0.1) is 0 Å². The molecule has 24 heavy (non-hydrogen) atoms. The first-order valence-corrected chi connectivity index (χ1v) is 9.12. The Labute approximate surface area is 153 Å². The van der Waals surface area contributed by atoms with Crippen molar-refractivity contribution in [3.63, 3.8) is 0 Å². The van der Waals surface area contributed by atoms with Gasteiger partial charge in [0.2, 0.25) is 5.91 Å². The van der Waals surface area contributed by atoms with Gasteiger partial charge in [0, 0.05) is 37.2 Å². The summed E-state index contributed by atoms with van der Waals surface area (Å²) in [6, 6.07) is 16.6. The molecule has 128 valence electrons. The molecule has 0 aliphatic heterocycles. The Morgan fingerprint density at radius 2 is 1.75 bits per heavy atom. The maximum absolute atomic E-state index is 11.9. The van der Waals surface area contributed by atoms with Gasteiger partial charge in [-0.25, -0.2) is 0 Å². The Balaban J connectivity index is 1.65. The molecule has 4 heteroatoms. The molecule has 1 amide bonds. The zero-order chi connectivity index (χ0) is 17.4. The molecule has 2 aromatic rings. The van der Waals surface area contributed by atoms with E-state index >= 15 is 0 Å². The lowest BCUT2D eigenvalue weighted by molar-refractivity contribution is -0.121. The Morgan fingerprint density at radius 1 is 1.04 bits per heavy atom. The zero-order valence-corrected chi connectivity index (χ0v) is 16.0.